The van der Waals surface area contributed by atoms with Crippen LogP contribution in [0.5, 0.6) is 0 Å². The van der Waals surface area contributed by atoms with Gasteiger partial charge in [0.15, 0.2) is 0 Å². The SMILES string of the molecule is CCCC(=O)O[C@@H]1CCCC[C@@H]1c1ccccc1. The Morgan fingerprint density at radius 2 is 1.94 bits per heavy atom. The Morgan fingerprint density at radius 1 is 1.22 bits per heavy atom. The second kappa shape index (κ2) is 6.58. The molecule has 0 N–H and O–H groups in total. The van der Waals surface area contributed by atoms with Gasteiger partial charge in [0.2, 0.25) is 0 Å². The van der Waals surface area contributed by atoms with Crippen molar-refractivity contribution in [3.05, 3.63) is 35.9 Å². The van der Waals surface area contributed by atoms with E-state index in [1.54, 1.807) is 0 Å². The fourth-order valence-corrected chi connectivity index (χ4v) is 2.75. The predicted molar refractivity (Wildman–Crippen MR) is 72.4 cm³/mol. The van der Waals surface area contributed by atoms with Crippen LogP contribution in [0.1, 0.15) is 56.9 Å². The Kier molecular flexibility index (Phi) is 4.80. The van der Waals surface area contributed by atoms with Gasteiger partial charge in [0.1, 0.15) is 6.10 Å². The van der Waals surface area contributed by atoms with E-state index in [0.717, 1.165) is 19.3 Å². The van der Waals surface area contributed by atoms with Crippen LogP contribution in [0.25, 0.3) is 0 Å². The molecule has 0 aromatic heterocycles. The van der Waals surface area contributed by atoms with Crippen molar-refractivity contribution >= 4 is 5.97 Å². The molecule has 0 spiro atoms. The summed E-state index contributed by atoms with van der Waals surface area (Å²) >= 11 is 0. The summed E-state index contributed by atoms with van der Waals surface area (Å²) < 4.78 is 5.66. The molecule has 0 unspecified atom stereocenters. The van der Waals surface area contributed by atoms with Crippen LogP contribution < -0.4 is 0 Å². The molecule has 1 fully saturated rings. The van der Waals surface area contributed by atoms with Crippen LogP contribution in [-0.2, 0) is 9.53 Å². The minimum atomic E-state index is -0.0367. The lowest BCUT2D eigenvalue weighted by atomic mass is 9.81. The zero-order valence-electron chi connectivity index (χ0n) is 11.1. The predicted octanol–water partition coefficient (Wildman–Crippen LogP) is 4.06. The third-order valence-corrected chi connectivity index (χ3v) is 3.67. The van der Waals surface area contributed by atoms with E-state index < -0.39 is 0 Å². The molecule has 2 nitrogen and oxygen atoms in total. The molecule has 0 heterocycles. The highest BCUT2D eigenvalue weighted by Crippen LogP contribution is 2.35. The molecular weight excluding hydrogens is 224 g/mol. The molecule has 2 heteroatoms. The Labute approximate surface area is 109 Å². The third-order valence-electron chi connectivity index (χ3n) is 3.67. The minimum absolute atomic E-state index is 0.0367. The van der Waals surface area contributed by atoms with Gasteiger partial charge in [-0.05, 0) is 31.2 Å². The maximum absolute atomic E-state index is 11.7. The molecule has 1 aliphatic rings. The van der Waals surface area contributed by atoms with Gasteiger partial charge in [-0.15, -0.1) is 0 Å². The average Bonchev–Trinajstić information content (AvgIpc) is 2.40. The highest BCUT2D eigenvalue weighted by Gasteiger charge is 2.29. The first kappa shape index (κ1) is 13.1. The van der Waals surface area contributed by atoms with Crippen molar-refractivity contribution < 1.29 is 9.53 Å². The lowest BCUT2D eigenvalue weighted by Gasteiger charge is -2.31. The first-order valence-electron chi connectivity index (χ1n) is 7.05. The van der Waals surface area contributed by atoms with Crippen LogP contribution >= 0.6 is 0 Å². The quantitative estimate of drug-likeness (QED) is 0.749. The number of carbonyl (C=O) groups is 1. The van der Waals surface area contributed by atoms with Crippen molar-refractivity contribution in [2.45, 2.75) is 57.5 Å². The van der Waals surface area contributed by atoms with E-state index in [-0.39, 0.29) is 12.1 Å². The molecule has 0 radical (unpaired) electrons. The molecule has 1 saturated carbocycles. The molecule has 2 atom stereocenters. The van der Waals surface area contributed by atoms with E-state index in [1.807, 2.05) is 13.0 Å². The second-order valence-electron chi connectivity index (χ2n) is 5.08. The van der Waals surface area contributed by atoms with Crippen LogP contribution in [0, 0.1) is 0 Å². The maximum Gasteiger partial charge on any atom is 0.306 e. The van der Waals surface area contributed by atoms with E-state index in [2.05, 4.69) is 24.3 Å². The number of carbonyl (C=O) groups excluding carboxylic acids is 1. The van der Waals surface area contributed by atoms with Crippen molar-refractivity contribution in [2.75, 3.05) is 0 Å². The highest BCUT2D eigenvalue weighted by atomic mass is 16.5. The Balaban J connectivity index is 2.04. The summed E-state index contributed by atoms with van der Waals surface area (Å²) in [5.41, 5.74) is 1.31. The molecule has 18 heavy (non-hydrogen) atoms. The Hall–Kier alpha value is -1.31. The zero-order valence-corrected chi connectivity index (χ0v) is 11.1. The maximum atomic E-state index is 11.7. The van der Waals surface area contributed by atoms with E-state index in [9.17, 15) is 4.79 Å². The van der Waals surface area contributed by atoms with Crippen LogP contribution in [0.2, 0.25) is 0 Å². The molecule has 0 aliphatic heterocycles. The third kappa shape index (κ3) is 3.34. The highest BCUT2D eigenvalue weighted by molar-refractivity contribution is 5.69. The van der Waals surface area contributed by atoms with Crippen molar-refractivity contribution in [2.24, 2.45) is 0 Å². The van der Waals surface area contributed by atoms with E-state index in [1.165, 1.54) is 18.4 Å². The first-order chi connectivity index (χ1) is 8.81. The van der Waals surface area contributed by atoms with Crippen molar-refractivity contribution in [3.63, 3.8) is 0 Å². The standard InChI is InChI=1S/C16H22O2/c1-2-8-16(17)18-15-12-7-6-11-14(15)13-9-4-3-5-10-13/h3-5,9-10,14-15H,2,6-8,11-12H2,1H3/t14-,15-/m1/s1. The van der Waals surface area contributed by atoms with Crippen molar-refractivity contribution in [1.29, 1.82) is 0 Å². The fourth-order valence-electron chi connectivity index (χ4n) is 2.75. The van der Waals surface area contributed by atoms with Gasteiger partial charge in [0.25, 0.3) is 0 Å². The Morgan fingerprint density at radius 3 is 2.67 bits per heavy atom. The molecule has 98 valence electrons. The minimum Gasteiger partial charge on any atom is -0.462 e. The van der Waals surface area contributed by atoms with Crippen LogP contribution in [-0.4, -0.2) is 12.1 Å². The molecule has 1 aromatic rings. The normalized spacial score (nSPS) is 23.6. The molecule has 0 saturated heterocycles. The lowest BCUT2D eigenvalue weighted by molar-refractivity contribution is -0.151. The summed E-state index contributed by atoms with van der Waals surface area (Å²) in [5.74, 6) is 0.353. The summed E-state index contributed by atoms with van der Waals surface area (Å²) in [7, 11) is 0. The molecule has 0 bridgehead atoms. The van der Waals surface area contributed by atoms with Crippen LogP contribution in [0.3, 0.4) is 0 Å². The van der Waals surface area contributed by atoms with Gasteiger partial charge in [-0.3, -0.25) is 4.79 Å². The van der Waals surface area contributed by atoms with Gasteiger partial charge in [-0.25, -0.2) is 0 Å². The molecule has 0 amide bonds. The molecule has 1 aromatic carbocycles. The summed E-state index contributed by atoms with van der Waals surface area (Å²) in [5, 5.41) is 0. The van der Waals surface area contributed by atoms with Gasteiger partial charge < -0.3 is 4.74 Å². The number of hydrogen-bond acceptors (Lipinski definition) is 2. The van der Waals surface area contributed by atoms with E-state index in [4.69, 9.17) is 4.74 Å². The number of hydrogen-bond donors (Lipinski definition) is 0. The topological polar surface area (TPSA) is 26.3 Å². The largest absolute Gasteiger partial charge is 0.462 e. The van der Waals surface area contributed by atoms with E-state index in [0.29, 0.717) is 12.3 Å². The number of ether oxygens (including phenoxy) is 1. The zero-order chi connectivity index (χ0) is 12.8. The van der Waals surface area contributed by atoms with Gasteiger partial charge >= 0.3 is 5.97 Å². The summed E-state index contributed by atoms with van der Waals surface area (Å²) in [4.78, 5) is 11.7. The van der Waals surface area contributed by atoms with Gasteiger partial charge in [-0.1, -0.05) is 43.7 Å². The monoisotopic (exact) mass is 246 g/mol. The fraction of sp³-hybridized carbons (Fsp3) is 0.562. The summed E-state index contributed by atoms with van der Waals surface area (Å²) in [6, 6.07) is 10.5. The van der Waals surface area contributed by atoms with Crippen molar-refractivity contribution in [1.82, 2.24) is 0 Å². The summed E-state index contributed by atoms with van der Waals surface area (Å²) in [6.07, 6.45) is 6.04. The smallest absolute Gasteiger partial charge is 0.306 e. The van der Waals surface area contributed by atoms with Crippen LogP contribution in [0.15, 0.2) is 30.3 Å². The van der Waals surface area contributed by atoms with Gasteiger partial charge in [-0.2, -0.15) is 0 Å². The molecule has 1 aliphatic carbocycles. The molecular formula is C16H22O2. The number of esters is 1. The lowest BCUT2D eigenvalue weighted by Crippen LogP contribution is -2.28. The second-order valence-corrected chi connectivity index (χ2v) is 5.08. The number of rotatable bonds is 4. The van der Waals surface area contributed by atoms with Gasteiger partial charge in [0.05, 0.1) is 0 Å². The van der Waals surface area contributed by atoms with E-state index >= 15 is 0 Å². The van der Waals surface area contributed by atoms with Gasteiger partial charge in [0, 0.05) is 12.3 Å². The van der Waals surface area contributed by atoms with Crippen LogP contribution in [0.4, 0.5) is 0 Å². The Bertz CT molecular complexity index is 372. The summed E-state index contributed by atoms with van der Waals surface area (Å²) in [6.45, 7) is 2.01. The average molecular weight is 246 g/mol. The molecule has 2 rings (SSSR count). The number of benzene rings is 1. The van der Waals surface area contributed by atoms with Crippen molar-refractivity contribution in [3.8, 4) is 0 Å². The first-order valence-corrected chi connectivity index (χ1v) is 7.05.